The summed E-state index contributed by atoms with van der Waals surface area (Å²) in [4.78, 5) is 0. The summed E-state index contributed by atoms with van der Waals surface area (Å²) < 4.78 is 2.63. The van der Waals surface area contributed by atoms with E-state index < -0.39 is 0 Å². The van der Waals surface area contributed by atoms with E-state index in [1.54, 1.807) is 0 Å². The van der Waals surface area contributed by atoms with Crippen LogP contribution >= 0.6 is 0 Å². The van der Waals surface area contributed by atoms with Crippen molar-refractivity contribution in [3.63, 3.8) is 0 Å². The van der Waals surface area contributed by atoms with Gasteiger partial charge >= 0.3 is 83.9 Å². The van der Waals surface area contributed by atoms with Crippen molar-refractivity contribution in [1.82, 2.24) is 0 Å². The van der Waals surface area contributed by atoms with Crippen molar-refractivity contribution in [3.05, 3.63) is 20.0 Å². The normalized spacial score (nSPS) is 9.23. The quantitative estimate of drug-likeness (QED) is 0.731. The van der Waals surface area contributed by atoms with Gasteiger partial charge in [-0.2, -0.15) is 0 Å². The average molecular weight is 237 g/mol. The maximum atomic E-state index is 8.63. The Kier molecular flexibility index (Phi) is 3.31. The summed E-state index contributed by atoms with van der Waals surface area (Å²) in [7, 11) is 0. The standard InChI is InChI=1S/C10H10N2Se/c1-7-9(3-5-11)10(4-6-12)8(2)13-7/h3-4H2,1-2H3. The van der Waals surface area contributed by atoms with Crippen molar-refractivity contribution in [2.24, 2.45) is 0 Å². The van der Waals surface area contributed by atoms with Crippen molar-refractivity contribution in [2.75, 3.05) is 0 Å². The molecule has 13 heavy (non-hydrogen) atoms. The average Bonchev–Trinajstić information content (AvgIpc) is 2.33. The molecule has 0 N–H and O–H groups in total. The molecule has 0 atom stereocenters. The Morgan fingerprint density at radius 3 is 1.69 bits per heavy atom. The third-order valence-electron chi connectivity index (χ3n) is 2.03. The van der Waals surface area contributed by atoms with Gasteiger partial charge in [-0.3, -0.25) is 0 Å². The van der Waals surface area contributed by atoms with Gasteiger partial charge < -0.3 is 0 Å². The van der Waals surface area contributed by atoms with Crippen LogP contribution in [0, 0.1) is 36.5 Å². The van der Waals surface area contributed by atoms with Gasteiger partial charge in [-0.1, -0.05) is 0 Å². The molecule has 0 radical (unpaired) electrons. The Hall–Kier alpha value is -1.02. The van der Waals surface area contributed by atoms with Crippen LogP contribution in [-0.2, 0) is 12.8 Å². The number of hydrogen-bond donors (Lipinski definition) is 0. The van der Waals surface area contributed by atoms with Crippen LogP contribution in [0.5, 0.6) is 0 Å². The van der Waals surface area contributed by atoms with E-state index in [9.17, 15) is 0 Å². The summed E-state index contributed by atoms with van der Waals surface area (Å²) in [5.41, 5.74) is 2.25. The number of hydrogen-bond acceptors (Lipinski definition) is 2. The zero-order chi connectivity index (χ0) is 9.84. The Balaban J connectivity index is 3.16. The summed E-state index contributed by atoms with van der Waals surface area (Å²) in [6, 6.07) is 4.32. The van der Waals surface area contributed by atoms with Gasteiger partial charge in [-0.05, 0) is 0 Å². The molecule has 0 aromatic carbocycles. The van der Waals surface area contributed by atoms with Gasteiger partial charge in [-0.15, -0.1) is 0 Å². The molecular formula is C10H10N2Se. The molecule has 0 aliphatic carbocycles. The van der Waals surface area contributed by atoms with E-state index in [1.165, 1.54) is 8.87 Å². The second-order valence-electron chi connectivity index (χ2n) is 2.84. The molecule has 0 spiro atoms. The monoisotopic (exact) mass is 238 g/mol. The molecule has 0 amide bonds. The minimum absolute atomic E-state index is 0.387. The van der Waals surface area contributed by atoms with Gasteiger partial charge in [0.1, 0.15) is 0 Å². The Bertz CT molecular complexity index is 354. The second kappa shape index (κ2) is 4.28. The fraction of sp³-hybridized carbons (Fsp3) is 0.400. The van der Waals surface area contributed by atoms with E-state index in [2.05, 4.69) is 26.0 Å². The van der Waals surface area contributed by atoms with E-state index in [0.717, 1.165) is 11.1 Å². The Labute approximate surface area is 84.2 Å². The summed E-state index contributed by atoms with van der Waals surface area (Å²) in [5.74, 6) is 0. The molecule has 0 fully saturated rings. The third kappa shape index (κ3) is 2.01. The molecule has 0 saturated carbocycles. The molecule has 1 heterocycles. The molecule has 2 nitrogen and oxygen atoms in total. The molecule has 0 aliphatic rings. The fourth-order valence-corrected chi connectivity index (χ4v) is 3.70. The van der Waals surface area contributed by atoms with E-state index in [1.807, 2.05) is 0 Å². The fourth-order valence-electron chi connectivity index (χ4n) is 1.40. The predicted molar refractivity (Wildman–Crippen MR) is 51.5 cm³/mol. The van der Waals surface area contributed by atoms with Gasteiger partial charge in [-0.25, -0.2) is 0 Å². The summed E-state index contributed by atoms with van der Waals surface area (Å²) in [6.45, 7) is 4.14. The van der Waals surface area contributed by atoms with Crippen LogP contribution in [0.4, 0.5) is 0 Å². The molecule has 1 aromatic rings. The number of aryl methyl sites for hydroxylation is 2. The van der Waals surface area contributed by atoms with Crippen LogP contribution in [0.1, 0.15) is 20.0 Å². The molecule has 0 unspecified atom stereocenters. The zero-order valence-corrected chi connectivity index (χ0v) is 9.43. The van der Waals surface area contributed by atoms with E-state index in [0.29, 0.717) is 27.3 Å². The van der Waals surface area contributed by atoms with Crippen LogP contribution in [0.15, 0.2) is 0 Å². The van der Waals surface area contributed by atoms with Gasteiger partial charge in [0, 0.05) is 0 Å². The molecule has 3 heteroatoms. The third-order valence-corrected chi connectivity index (χ3v) is 4.35. The van der Waals surface area contributed by atoms with Crippen LogP contribution in [-0.4, -0.2) is 14.5 Å². The molecule has 1 rings (SSSR count). The first kappa shape index (κ1) is 10.1. The molecule has 1 aromatic heterocycles. The Morgan fingerprint density at radius 1 is 1.00 bits per heavy atom. The maximum absolute atomic E-state index is 8.63. The second-order valence-corrected chi connectivity index (χ2v) is 5.84. The van der Waals surface area contributed by atoms with E-state index >= 15 is 0 Å². The van der Waals surface area contributed by atoms with Gasteiger partial charge in [0.25, 0.3) is 0 Å². The Morgan fingerprint density at radius 2 is 1.38 bits per heavy atom. The van der Waals surface area contributed by atoms with Crippen LogP contribution in [0.25, 0.3) is 0 Å². The van der Waals surface area contributed by atoms with E-state index in [-0.39, 0.29) is 0 Å². The first-order chi connectivity index (χ1) is 6.20. The molecule has 0 bridgehead atoms. The van der Waals surface area contributed by atoms with Crippen molar-refractivity contribution in [1.29, 1.82) is 10.5 Å². The first-order valence-corrected chi connectivity index (χ1v) is 5.73. The number of nitriles is 2. The van der Waals surface area contributed by atoms with Crippen LogP contribution < -0.4 is 0 Å². The molecular weight excluding hydrogens is 227 g/mol. The van der Waals surface area contributed by atoms with Crippen molar-refractivity contribution >= 4 is 14.5 Å². The van der Waals surface area contributed by atoms with E-state index in [4.69, 9.17) is 10.5 Å². The van der Waals surface area contributed by atoms with Crippen LogP contribution in [0.2, 0.25) is 0 Å². The van der Waals surface area contributed by atoms with Gasteiger partial charge in [0.05, 0.1) is 0 Å². The zero-order valence-electron chi connectivity index (χ0n) is 7.72. The van der Waals surface area contributed by atoms with Crippen molar-refractivity contribution in [3.8, 4) is 12.1 Å². The van der Waals surface area contributed by atoms with Crippen molar-refractivity contribution in [2.45, 2.75) is 26.7 Å². The summed E-state index contributed by atoms with van der Waals surface area (Å²) in [5, 5.41) is 17.3. The van der Waals surface area contributed by atoms with Gasteiger partial charge in [0.2, 0.25) is 0 Å². The SMILES string of the molecule is Cc1[se]c(C)c(CC#N)c1CC#N. The van der Waals surface area contributed by atoms with Crippen molar-refractivity contribution < 1.29 is 0 Å². The molecule has 66 valence electrons. The van der Waals surface area contributed by atoms with Gasteiger partial charge in [0.15, 0.2) is 0 Å². The molecule has 0 aliphatic heterocycles. The first-order valence-electron chi connectivity index (χ1n) is 4.02. The minimum atomic E-state index is 0.387. The summed E-state index contributed by atoms with van der Waals surface area (Å²) >= 11 is 0.387. The number of rotatable bonds is 2. The topological polar surface area (TPSA) is 47.6 Å². The predicted octanol–water partition coefficient (Wildman–Crippen LogP) is 1.49. The summed E-state index contributed by atoms with van der Waals surface area (Å²) in [6.07, 6.45) is 0.921. The number of nitrogens with zero attached hydrogens (tertiary/aromatic N) is 2. The van der Waals surface area contributed by atoms with Crippen LogP contribution in [0.3, 0.4) is 0 Å². The molecule has 0 saturated heterocycles.